The van der Waals surface area contributed by atoms with Crippen molar-refractivity contribution in [1.82, 2.24) is 15.2 Å². The number of hydrogen-bond donors (Lipinski definition) is 2. The van der Waals surface area contributed by atoms with E-state index >= 15 is 0 Å². The van der Waals surface area contributed by atoms with Crippen LogP contribution in [0.2, 0.25) is 0 Å². The van der Waals surface area contributed by atoms with Crippen LogP contribution in [0.15, 0.2) is 40.7 Å². The summed E-state index contributed by atoms with van der Waals surface area (Å²) < 4.78 is 4.88. The molecule has 1 aromatic heterocycles. The Balaban J connectivity index is 0.00000225. The van der Waals surface area contributed by atoms with E-state index in [1.54, 1.807) is 24.5 Å². The predicted octanol–water partition coefficient (Wildman–Crippen LogP) is -2.41. The first-order valence-corrected chi connectivity index (χ1v) is 10.3. The Labute approximate surface area is 198 Å². The van der Waals surface area contributed by atoms with E-state index in [0.29, 0.717) is 11.3 Å². The van der Waals surface area contributed by atoms with Crippen LogP contribution in [0.5, 0.6) is 0 Å². The second kappa shape index (κ2) is 10.5. The topological polar surface area (TPSA) is 126 Å². The molecule has 1 saturated heterocycles. The van der Waals surface area contributed by atoms with Gasteiger partial charge in [-0.1, -0.05) is 0 Å². The molecule has 0 bridgehead atoms. The van der Waals surface area contributed by atoms with Crippen LogP contribution in [0.25, 0.3) is 0 Å². The number of amides is 2. The number of aromatic nitrogens is 1. The van der Waals surface area contributed by atoms with Crippen molar-refractivity contribution >= 4 is 47.3 Å². The molecule has 2 aliphatic heterocycles. The van der Waals surface area contributed by atoms with Crippen LogP contribution < -0.4 is 34.9 Å². The molecule has 12 heteroatoms. The Morgan fingerprint density at radius 1 is 1.41 bits per heavy atom. The molecule has 1 fully saturated rings. The quantitative estimate of drug-likeness (QED) is 0.203. The van der Waals surface area contributed by atoms with Gasteiger partial charge in [0, 0.05) is 35.5 Å². The maximum absolute atomic E-state index is 12.5. The summed E-state index contributed by atoms with van der Waals surface area (Å²) >= 11 is 2.64. The summed E-state index contributed by atoms with van der Waals surface area (Å²) in [6.45, 7) is 1.05. The molecule has 3 rings (SSSR count). The van der Waals surface area contributed by atoms with Gasteiger partial charge in [0.15, 0.2) is 0 Å². The molecule has 0 saturated carbocycles. The molecule has 0 aliphatic carbocycles. The number of rotatable bonds is 7. The number of pyridine rings is 1. The average molecular weight is 447 g/mol. The Hall–Kier alpha value is -1.53. The van der Waals surface area contributed by atoms with Crippen molar-refractivity contribution in [1.29, 1.82) is 0 Å². The molecular weight excluding hydrogens is 429 g/mol. The zero-order valence-electron chi connectivity index (χ0n) is 16.8. The molecule has 0 aromatic carbocycles. The fourth-order valence-electron chi connectivity index (χ4n) is 2.78. The minimum atomic E-state index is -1.26. The average Bonchev–Trinajstić information content (AvgIpc) is 2.68. The van der Waals surface area contributed by atoms with Gasteiger partial charge in [0.25, 0.3) is 5.91 Å². The van der Waals surface area contributed by atoms with Crippen molar-refractivity contribution in [2.24, 2.45) is 0 Å². The van der Waals surface area contributed by atoms with Crippen LogP contribution in [0.3, 0.4) is 0 Å². The van der Waals surface area contributed by atoms with E-state index in [1.165, 1.54) is 30.4 Å². The van der Waals surface area contributed by atoms with Crippen LogP contribution in [-0.2, 0) is 23.9 Å². The van der Waals surface area contributed by atoms with E-state index < -0.39 is 29.3 Å². The Morgan fingerprint density at radius 2 is 2.10 bits per heavy atom. The minimum Gasteiger partial charge on any atom is -1.00 e. The number of aliphatic carboxylic acids is 1. The third-order valence-corrected chi connectivity index (χ3v) is 6.39. The first-order valence-electron chi connectivity index (χ1n) is 8.24. The summed E-state index contributed by atoms with van der Waals surface area (Å²) in [6.07, 6.45) is 3.25. The summed E-state index contributed by atoms with van der Waals surface area (Å²) in [6, 6.07) is 2.78. The first kappa shape index (κ1) is 23.7. The number of nitrogens with one attached hydrogen (secondary N) is 1. The van der Waals surface area contributed by atoms with Crippen LogP contribution >= 0.6 is 23.5 Å². The van der Waals surface area contributed by atoms with E-state index in [0.717, 1.165) is 9.80 Å². The number of carbonyl (C=O) groups excluding carboxylic acids is 3. The fourth-order valence-corrected chi connectivity index (χ4v) is 4.80. The largest absolute Gasteiger partial charge is 1.00 e. The van der Waals surface area contributed by atoms with Crippen molar-refractivity contribution < 1.29 is 60.0 Å². The number of nitrogens with zero attached hydrogens (tertiary/aromatic N) is 2. The molecule has 0 spiro atoms. The normalized spacial score (nSPS) is 20.2. The molecule has 2 atom stereocenters. The number of carboxylic acids is 1. The molecule has 3 heterocycles. The second-order valence-electron chi connectivity index (χ2n) is 5.96. The Morgan fingerprint density at radius 3 is 2.72 bits per heavy atom. The zero-order chi connectivity index (χ0) is 20.3. The maximum atomic E-state index is 12.5. The second-order valence-corrected chi connectivity index (χ2v) is 8.12. The third kappa shape index (κ3) is 5.54. The van der Waals surface area contributed by atoms with Crippen LogP contribution in [-0.4, -0.2) is 68.3 Å². The van der Waals surface area contributed by atoms with Crippen molar-refractivity contribution in [3.63, 3.8) is 0 Å². The first-order chi connectivity index (χ1) is 13.4. The van der Waals surface area contributed by atoms with E-state index in [2.05, 4.69) is 10.3 Å². The SMILES string of the molecule is CC(=O)OCC1=C(C(=O)O)N2C(=O)[C@@H](NC(=O)CSc3ccncc3)[C@H]2SC1.[H-].[Na+]. The van der Waals surface area contributed by atoms with Gasteiger partial charge >= 0.3 is 41.5 Å². The van der Waals surface area contributed by atoms with Crippen molar-refractivity contribution in [2.75, 3.05) is 18.1 Å². The summed E-state index contributed by atoms with van der Waals surface area (Å²) in [4.78, 5) is 53.2. The van der Waals surface area contributed by atoms with Gasteiger partial charge < -0.3 is 16.6 Å². The number of ether oxygens (including phenoxy) is 1. The Bertz CT molecular complexity index is 857. The molecule has 150 valence electrons. The summed E-state index contributed by atoms with van der Waals surface area (Å²) in [5, 5.41) is 11.7. The van der Waals surface area contributed by atoms with Crippen molar-refractivity contribution in [3.8, 4) is 0 Å². The van der Waals surface area contributed by atoms with Crippen LogP contribution in [0.4, 0.5) is 0 Å². The third-order valence-electron chi connectivity index (χ3n) is 4.04. The van der Waals surface area contributed by atoms with E-state index in [4.69, 9.17) is 4.74 Å². The smallest absolute Gasteiger partial charge is 1.00 e. The van der Waals surface area contributed by atoms with Crippen LogP contribution in [0, 0.1) is 0 Å². The molecule has 2 N–H and O–H groups in total. The molecule has 0 radical (unpaired) electrons. The predicted molar refractivity (Wildman–Crippen MR) is 102 cm³/mol. The molecule has 29 heavy (non-hydrogen) atoms. The van der Waals surface area contributed by atoms with E-state index in [-0.39, 0.29) is 54.9 Å². The van der Waals surface area contributed by atoms with Gasteiger partial charge in [0.1, 0.15) is 23.7 Å². The van der Waals surface area contributed by atoms with E-state index in [9.17, 15) is 24.3 Å². The number of carbonyl (C=O) groups is 4. The molecule has 0 unspecified atom stereocenters. The van der Waals surface area contributed by atoms with E-state index in [1.807, 2.05) is 0 Å². The fraction of sp³-hybridized carbons (Fsp3) is 0.353. The zero-order valence-corrected chi connectivity index (χ0v) is 19.4. The van der Waals surface area contributed by atoms with Gasteiger partial charge in [-0.2, -0.15) is 0 Å². The standard InChI is InChI=1S/C17H17N3O6S2.Na.H/c1-9(21)26-6-10-7-28-16-13(15(23)20(16)14(10)17(24)25)19-12(22)8-27-11-2-4-18-5-3-11;;/h2-5,13,16H,6-8H2,1H3,(H,19,22)(H,24,25);;/q;+1;-1/t13-,16-;;/m1../s1. The number of thioether (sulfide) groups is 2. The van der Waals surface area contributed by atoms with Gasteiger partial charge in [0.05, 0.1) is 5.75 Å². The molecule has 2 amide bonds. The van der Waals surface area contributed by atoms with Gasteiger partial charge in [-0.05, 0) is 12.1 Å². The molecule has 2 aliphatic rings. The van der Waals surface area contributed by atoms with Gasteiger partial charge in [-0.3, -0.25) is 24.3 Å². The summed E-state index contributed by atoms with van der Waals surface area (Å²) in [7, 11) is 0. The summed E-state index contributed by atoms with van der Waals surface area (Å²) in [5.74, 6) is -2.18. The summed E-state index contributed by atoms with van der Waals surface area (Å²) in [5.41, 5.74) is 0.182. The Kier molecular flexibility index (Phi) is 8.58. The molecular formula is C17H18N3NaO6S2. The molecule has 9 nitrogen and oxygen atoms in total. The number of hydrogen-bond acceptors (Lipinski definition) is 8. The van der Waals surface area contributed by atoms with Crippen molar-refractivity contribution in [2.45, 2.75) is 23.2 Å². The maximum Gasteiger partial charge on any atom is 1.00 e. The van der Waals surface area contributed by atoms with Gasteiger partial charge in [0.2, 0.25) is 5.91 Å². The van der Waals surface area contributed by atoms with Gasteiger partial charge in [-0.25, -0.2) is 4.79 Å². The van der Waals surface area contributed by atoms with Gasteiger partial charge in [-0.15, -0.1) is 23.5 Å². The number of esters is 1. The number of fused-ring (bicyclic) bond motifs is 1. The monoisotopic (exact) mass is 447 g/mol. The number of β-lactam (4-membered cyclic amide) rings is 1. The number of carboxylic acid groups (broad SMARTS) is 1. The molecule has 1 aromatic rings. The van der Waals surface area contributed by atoms with Crippen LogP contribution in [0.1, 0.15) is 8.35 Å². The minimum absolute atomic E-state index is 0. The van der Waals surface area contributed by atoms with Crippen molar-refractivity contribution in [3.05, 3.63) is 35.8 Å².